The Kier molecular flexibility index (Phi) is 8.64. The van der Waals surface area contributed by atoms with E-state index in [0.717, 1.165) is 16.9 Å². The number of carbonyl (C=O) groups excluding carboxylic acids is 2. The van der Waals surface area contributed by atoms with Crippen LogP contribution in [0.15, 0.2) is 71.2 Å². The maximum absolute atomic E-state index is 12.8. The molecule has 1 aliphatic heterocycles. The van der Waals surface area contributed by atoms with E-state index in [2.05, 4.69) is 5.32 Å². The van der Waals surface area contributed by atoms with Crippen molar-refractivity contribution in [2.75, 3.05) is 18.5 Å². The number of nitrogens with zero attached hydrogens (tertiary/aromatic N) is 1. The first-order valence-electron chi connectivity index (χ1n) is 10.5. The number of thiocarbonyl (C=S) groups is 1. The Hall–Kier alpha value is -2.90. The number of nitrogens with one attached hydrogen (secondary N) is 1. The van der Waals surface area contributed by atoms with E-state index in [1.807, 2.05) is 68.5 Å². The molecule has 0 aliphatic carbocycles. The number of allylic oxidation sites excluding steroid dienone is 2. The van der Waals surface area contributed by atoms with Crippen molar-refractivity contribution < 1.29 is 14.3 Å². The summed E-state index contributed by atoms with van der Waals surface area (Å²) < 4.78 is 5.93. The molecule has 1 saturated heterocycles. The summed E-state index contributed by atoms with van der Waals surface area (Å²) in [4.78, 5) is 27.2. The smallest absolute Gasteiger partial charge is 0.266 e. The van der Waals surface area contributed by atoms with E-state index in [1.54, 1.807) is 17.0 Å². The third-order valence-corrected chi connectivity index (χ3v) is 6.04. The van der Waals surface area contributed by atoms with Gasteiger partial charge in [-0.25, -0.2) is 0 Å². The molecule has 0 aromatic heterocycles. The fourth-order valence-corrected chi connectivity index (χ4v) is 4.53. The third-order valence-electron chi connectivity index (χ3n) is 4.66. The summed E-state index contributed by atoms with van der Waals surface area (Å²) in [6.07, 6.45) is 4.72. The fraction of sp³-hybridized carbons (Fsp3) is 0.240. The van der Waals surface area contributed by atoms with E-state index in [9.17, 15) is 9.59 Å². The Balaban J connectivity index is 1.50. The van der Waals surface area contributed by atoms with E-state index in [-0.39, 0.29) is 11.8 Å². The van der Waals surface area contributed by atoms with Crippen LogP contribution in [-0.4, -0.2) is 34.2 Å². The number of rotatable bonds is 9. The van der Waals surface area contributed by atoms with E-state index < -0.39 is 0 Å². The molecule has 166 valence electrons. The Bertz CT molecular complexity index is 1030. The van der Waals surface area contributed by atoms with Crippen molar-refractivity contribution in [1.29, 1.82) is 0 Å². The highest BCUT2D eigenvalue weighted by molar-refractivity contribution is 8.26. The summed E-state index contributed by atoms with van der Waals surface area (Å²) in [5.41, 5.74) is 2.77. The van der Waals surface area contributed by atoms with Crippen LogP contribution in [0.5, 0.6) is 5.75 Å². The van der Waals surface area contributed by atoms with Crippen LogP contribution >= 0.6 is 24.0 Å². The Morgan fingerprint density at radius 1 is 1.16 bits per heavy atom. The van der Waals surface area contributed by atoms with E-state index in [0.29, 0.717) is 40.9 Å². The molecule has 0 saturated carbocycles. The second kappa shape index (κ2) is 11.6. The number of carbonyl (C=O) groups is 2. The molecule has 2 aromatic carbocycles. The first-order valence-corrected chi connectivity index (χ1v) is 11.7. The first kappa shape index (κ1) is 23.8. The molecular formula is C25H26N2O3S2. The number of thioether (sulfide) groups is 1. The molecule has 0 unspecified atom stereocenters. The van der Waals surface area contributed by atoms with Gasteiger partial charge < -0.3 is 10.1 Å². The fourth-order valence-electron chi connectivity index (χ4n) is 3.18. The van der Waals surface area contributed by atoms with Crippen LogP contribution in [0.1, 0.15) is 32.3 Å². The average Bonchev–Trinajstić information content (AvgIpc) is 3.03. The standard InChI is InChI=1S/C25H26N2O3S2/c1-3-30-21-13-11-20(12-14-21)26-23(28)10-7-15-27-24(29)22(32-25(27)31)17-18(2)16-19-8-5-4-6-9-19/h4-6,8-9,11-14,16-17H,3,7,10,15H2,1-2H3,(H,26,28). The van der Waals surface area contributed by atoms with Gasteiger partial charge in [0.15, 0.2) is 0 Å². The predicted octanol–water partition coefficient (Wildman–Crippen LogP) is 5.65. The van der Waals surface area contributed by atoms with Gasteiger partial charge in [-0.05, 0) is 61.7 Å². The Labute approximate surface area is 198 Å². The summed E-state index contributed by atoms with van der Waals surface area (Å²) in [5.74, 6) is 0.561. The molecule has 7 heteroatoms. The van der Waals surface area contributed by atoms with Gasteiger partial charge in [0.1, 0.15) is 10.1 Å². The van der Waals surface area contributed by atoms with Crippen LogP contribution < -0.4 is 10.1 Å². The van der Waals surface area contributed by atoms with Crippen LogP contribution in [0, 0.1) is 0 Å². The van der Waals surface area contributed by atoms with Crippen molar-refractivity contribution in [2.45, 2.75) is 26.7 Å². The monoisotopic (exact) mass is 466 g/mol. The summed E-state index contributed by atoms with van der Waals surface area (Å²) in [6.45, 7) is 4.90. The zero-order valence-corrected chi connectivity index (χ0v) is 19.8. The van der Waals surface area contributed by atoms with Gasteiger partial charge in [0.25, 0.3) is 5.91 Å². The maximum Gasteiger partial charge on any atom is 0.266 e. The average molecular weight is 467 g/mol. The molecule has 1 aliphatic rings. The van der Waals surface area contributed by atoms with Gasteiger partial charge in [0.05, 0.1) is 11.5 Å². The van der Waals surface area contributed by atoms with Crippen molar-refractivity contribution in [3.8, 4) is 5.75 Å². The van der Waals surface area contributed by atoms with Crippen molar-refractivity contribution >= 4 is 51.9 Å². The molecule has 0 atom stereocenters. The van der Waals surface area contributed by atoms with Crippen molar-refractivity contribution in [3.05, 3.63) is 76.7 Å². The number of amides is 2. The van der Waals surface area contributed by atoms with E-state index in [4.69, 9.17) is 17.0 Å². The zero-order valence-electron chi connectivity index (χ0n) is 18.2. The van der Waals surface area contributed by atoms with Gasteiger partial charge in [-0.2, -0.15) is 0 Å². The molecule has 1 N–H and O–H groups in total. The molecule has 2 amide bonds. The molecule has 32 heavy (non-hydrogen) atoms. The lowest BCUT2D eigenvalue weighted by atomic mass is 10.1. The summed E-state index contributed by atoms with van der Waals surface area (Å²) in [6, 6.07) is 17.2. The topological polar surface area (TPSA) is 58.6 Å². The quantitative estimate of drug-likeness (QED) is 0.382. The molecule has 0 spiro atoms. The highest BCUT2D eigenvalue weighted by atomic mass is 32.2. The van der Waals surface area contributed by atoms with Gasteiger partial charge in [0.2, 0.25) is 5.91 Å². The summed E-state index contributed by atoms with van der Waals surface area (Å²) >= 11 is 6.69. The summed E-state index contributed by atoms with van der Waals surface area (Å²) in [7, 11) is 0. The number of hydrogen-bond donors (Lipinski definition) is 1. The van der Waals surface area contributed by atoms with E-state index >= 15 is 0 Å². The number of benzene rings is 2. The van der Waals surface area contributed by atoms with Crippen LogP contribution in [0.25, 0.3) is 6.08 Å². The minimum Gasteiger partial charge on any atom is -0.494 e. The van der Waals surface area contributed by atoms with Crippen molar-refractivity contribution in [1.82, 2.24) is 4.90 Å². The summed E-state index contributed by atoms with van der Waals surface area (Å²) in [5, 5.41) is 2.86. The highest BCUT2D eigenvalue weighted by Gasteiger charge is 2.31. The molecule has 0 bridgehead atoms. The van der Waals surface area contributed by atoms with Crippen LogP contribution in [-0.2, 0) is 9.59 Å². The van der Waals surface area contributed by atoms with Gasteiger partial charge in [-0.3, -0.25) is 14.5 Å². The molecule has 3 rings (SSSR count). The highest BCUT2D eigenvalue weighted by Crippen LogP contribution is 2.32. The SMILES string of the molecule is CCOc1ccc(NC(=O)CCCN2C(=O)C(=CC(C)=Cc3ccccc3)SC2=S)cc1. The zero-order chi connectivity index (χ0) is 22.9. The third kappa shape index (κ3) is 6.80. The number of ether oxygens (including phenoxy) is 1. The van der Waals surface area contributed by atoms with Crippen LogP contribution in [0.2, 0.25) is 0 Å². The molecule has 2 aromatic rings. The lowest BCUT2D eigenvalue weighted by Gasteiger charge is -2.14. The van der Waals surface area contributed by atoms with Gasteiger partial charge in [-0.15, -0.1) is 0 Å². The minimum atomic E-state index is -0.104. The normalized spacial score (nSPS) is 15.4. The van der Waals surface area contributed by atoms with Gasteiger partial charge in [0, 0.05) is 18.7 Å². The maximum atomic E-state index is 12.8. The molecule has 0 radical (unpaired) electrons. The second-order valence-corrected chi connectivity index (χ2v) is 8.92. The van der Waals surface area contributed by atoms with Crippen molar-refractivity contribution in [2.24, 2.45) is 0 Å². The Morgan fingerprint density at radius 3 is 2.56 bits per heavy atom. The van der Waals surface area contributed by atoms with Gasteiger partial charge in [-0.1, -0.05) is 60.4 Å². The van der Waals surface area contributed by atoms with E-state index in [1.165, 1.54) is 11.8 Å². The number of anilines is 1. The molecule has 1 heterocycles. The van der Waals surface area contributed by atoms with Crippen molar-refractivity contribution in [3.63, 3.8) is 0 Å². The lowest BCUT2D eigenvalue weighted by Crippen LogP contribution is -2.29. The first-order chi connectivity index (χ1) is 15.5. The second-order valence-electron chi connectivity index (χ2n) is 7.24. The molecule has 5 nitrogen and oxygen atoms in total. The Morgan fingerprint density at radius 2 is 1.88 bits per heavy atom. The van der Waals surface area contributed by atoms with Crippen LogP contribution in [0.4, 0.5) is 5.69 Å². The number of hydrogen-bond acceptors (Lipinski definition) is 5. The predicted molar refractivity (Wildman–Crippen MR) is 136 cm³/mol. The molecular weight excluding hydrogens is 440 g/mol. The molecule has 1 fully saturated rings. The lowest BCUT2D eigenvalue weighted by molar-refractivity contribution is -0.122. The minimum absolute atomic E-state index is 0.100. The van der Waals surface area contributed by atoms with Gasteiger partial charge >= 0.3 is 0 Å². The van der Waals surface area contributed by atoms with Crippen LogP contribution in [0.3, 0.4) is 0 Å². The largest absolute Gasteiger partial charge is 0.494 e.